The first-order valence-corrected chi connectivity index (χ1v) is 9.44. The zero-order valence-corrected chi connectivity index (χ0v) is 15.2. The van der Waals surface area contributed by atoms with E-state index in [1.807, 2.05) is 0 Å². The number of hydrogen-bond acceptors (Lipinski definition) is 4. The fraction of sp³-hybridized carbons (Fsp3) is 0.875. The van der Waals surface area contributed by atoms with Gasteiger partial charge in [0.25, 0.3) is 5.91 Å². The van der Waals surface area contributed by atoms with Crippen molar-refractivity contribution in [2.75, 3.05) is 32.7 Å². The monoisotopic (exact) mass is 396 g/mol. The SMILES string of the molecule is O=C1NNCC(Cl)C1N1CCN(CC2CCCC(C(F)(F)F)C2)C(=O)C1. The van der Waals surface area contributed by atoms with Crippen LogP contribution in [0.3, 0.4) is 0 Å². The zero-order valence-electron chi connectivity index (χ0n) is 14.4. The summed E-state index contributed by atoms with van der Waals surface area (Å²) in [5.74, 6) is -1.79. The summed E-state index contributed by atoms with van der Waals surface area (Å²) in [6.07, 6.45) is -2.60. The highest BCUT2D eigenvalue weighted by Crippen LogP contribution is 2.40. The van der Waals surface area contributed by atoms with Crippen LogP contribution >= 0.6 is 11.6 Å². The predicted octanol–water partition coefficient (Wildman–Crippen LogP) is 1.11. The van der Waals surface area contributed by atoms with Gasteiger partial charge in [-0.2, -0.15) is 13.2 Å². The lowest BCUT2D eigenvalue weighted by Gasteiger charge is -2.42. The molecule has 0 radical (unpaired) electrons. The van der Waals surface area contributed by atoms with Crippen molar-refractivity contribution >= 4 is 23.4 Å². The molecule has 4 atom stereocenters. The third-order valence-corrected chi connectivity index (χ3v) is 5.98. The van der Waals surface area contributed by atoms with Gasteiger partial charge in [0, 0.05) is 26.2 Å². The van der Waals surface area contributed by atoms with Crippen LogP contribution in [0.1, 0.15) is 25.7 Å². The Morgan fingerprint density at radius 2 is 1.96 bits per heavy atom. The molecule has 1 saturated carbocycles. The second kappa shape index (κ2) is 7.90. The van der Waals surface area contributed by atoms with Crippen molar-refractivity contribution in [1.82, 2.24) is 20.7 Å². The minimum atomic E-state index is -4.15. The lowest BCUT2D eigenvalue weighted by molar-refractivity contribution is -0.186. The van der Waals surface area contributed by atoms with Crippen LogP contribution in [0.25, 0.3) is 0 Å². The van der Waals surface area contributed by atoms with E-state index in [-0.39, 0.29) is 37.1 Å². The van der Waals surface area contributed by atoms with Crippen LogP contribution < -0.4 is 10.9 Å². The van der Waals surface area contributed by atoms with Gasteiger partial charge in [-0.3, -0.25) is 19.9 Å². The van der Waals surface area contributed by atoms with Crippen molar-refractivity contribution < 1.29 is 22.8 Å². The fourth-order valence-electron chi connectivity index (χ4n) is 4.20. The summed E-state index contributed by atoms with van der Waals surface area (Å²) in [5, 5.41) is -0.436. The molecule has 3 fully saturated rings. The summed E-state index contributed by atoms with van der Waals surface area (Å²) in [6, 6.07) is -0.576. The van der Waals surface area contributed by atoms with E-state index in [0.29, 0.717) is 32.6 Å². The average molecular weight is 397 g/mol. The first kappa shape index (κ1) is 19.7. The van der Waals surface area contributed by atoms with Gasteiger partial charge in [-0.1, -0.05) is 6.42 Å². The Kier molecular flexibility index (Phi) is 5.98. The van der Waals surface area contributed by atoms with Crippen molar-refractivity contribution in [3.8, 4) is 0 Å². The number of piperazine rings is 1. The van der Waals surface area contributed by atoms with Gasteiger partial charge < -0.3 is 4.90 Å². The zero-order chi connectivity index (χ0) is 18.9. The van der Waals surface area contributed by atoms with Gasteiger partial charge >= 0.3 is 6.18 Å². The molecule has 3 aliphatic rings. The summed E-state index contributed by atoms with van der Waals surface area (Å²) in [4.78, 5) is 27.9. The molecule has 0 bridgehead atoms. The molecule has 1 aliphatic carbocycles. The molecule has 0 aromatic rings. The fourth-order valence-corrected chi connectivity index (χ4v) is 4.55. The lowest BCUT2D eigenvalue weighted by atomic mass is 9.80. The first-order chi connectivity index (χ1) is 12.3. The number of nitrogens with one attached hydrogen (secondary N) is 2. The van der Waals surface area contributed by atoms with Gasteiger partial charge in [0.2, 0.25) is 5.91 Å². The molecule has 2 aliphatic heterocycles. The van der Waals surface area contributed by atoms with Crippen molar-refractivity contribution in [2.24, 2.45) is 11.8 Å². The molecule has 4 unspecified atom stereocenters. The molecule has 6 nitrogen and oxygen atoms in total. The maximum Gasteiger partial charge on any atom is 0.391 e. The third-order valence-electron chi connectivity index (χ3n) is 5.59. The Morgan fingerprint density at radius 1 is 1.19 bits per heavy atom. The van der Waals surface area contributed by atoms with Crippen LogP contribution in [0.2, 0.25) is 0 Å². The molecule has 2 heterocycles. The van der Waals surface area contributed by atoms with Gasteiger partial charge in [-0.05, 0) is 25.2 Å². The Balaban J connectivity index is 1.54. The number of hydrogen-bond donors (Lipinski definition) is 2. The first-order valence-electron chi connectivity index (χ1n) is 9.01. The number of rotatable bonds is 3. The van der Waals surface area contributed by atoms with Crippen LogP contribution in [0, 0.1) is 11.8 Å². The molecule has 10 heteroatoms. The molecule has 0 aromatic heterocycles. The lowest BCUT2D eigenvalue weighted by Crippen LogP contribution is -2.66. The summed E-state index contributed by atoms with van der Waals surface area (Å²) in [6.45, 7) is 1.74. The molecular weight excluding hydrogens is 373 g/mol. The van der Waals surface area contributed by atoms with Gasteiger partial charge in [-0.25, -0.2) is 5.43 Å². The molecule has 0 spiro atoms. The Hall–Kier alpha value is -1.06. The topological polar surface area (TPSA) is 64.7 Å². The van der Waals surface area contributed by atoms with Gasteiger partial charge in [0.1, 0.15) is 6.04 Å². The highest BCUT2D eigenvalue weighted by molar-refractivity contribution is 6.23. The van der Waals surface area contributed by atoms with E-state index in [4.69, 9.17) is 11.6 Å². The van der Waals surface area contributed by atoms with E-state index in [9.17, 15) is 22.8 Å². The quantitative estimate of drug-likeness (QED) is 0.701. The van der Waals surface area contributed by atoms with E-state index >= 15 is 0 Å². The highest BCUT2D eigenvalue weighted by Gasteiger charge is 2.43. The van der Waals surface area contributed by atoms with Crippen LogP contribution in [0.15, 0.2) is 0 Å². The smallest absolute Gasteiger partial charge is 0.340 e. The number of amides is 2. The Bertz CT molecular complexity index is 548. The Morgan fingerprint density at radius 3 is 2.62 bits per heavy atom. The molecule has 2 saturated heterocycles. The van der Waals surface area contributed by atoms with E-state index in [1.165, 1.54) is 0 Å². The second-order valence-electron chi connectivity index (χ2n) is 7.41. The van der Waals surface area contributed by atoms with Crippen molar-refractivity contribution in [3.63, 3.8) is 0 Å². The summed E-state index contributed by atoms with van der Waals surface area (Å²) in [5.41, 5.74) is 5.22. The van der Waals surface area contributed by atoms with Gasteiger partial charge in [0.05, 0.1) is 17.8 Å². The number of carbonyl (C=O) groups is 2. The maximum absolute atomic E-state index is 13.0. The summed E-state index contributed by atoms with van der Waals surface area (Å²) < 4.78 is 38.9. The summed E-state index contributed by atoms with van der Waals surface area (Å²) >= 11 is 6.21. The molecule has 3 rings (SSSR count). The standard InChI is InChI=1S/C16H24ClF3N4O2/c17-12-7-21-22-15(26)14(12)24-5-4-23(13(25)9-24)8-10-2-1-3-11(6-10)16(18,19)20/h10-12,14,21H,1-9H2,(H,22,26). The van der Waals surface area contributed by atoms with Crippen LogP contribution in [-0.4, -0.2) is 71.9 Å². The minimum Gasteiger partial charge on any atom is -0.340 e. The number of carbonyl (C=O) groups excluding carboxylic acids is 2. The van der Waals surface area contributed by atoms with Crippen LogP contribution in [0.5, 0.6) is 0 Å². The van der Waals surface area contributed by atoms with Crippen LogP contribution in [-0.2, 0) is 9.59 Å². The highest BCUT2D eigenvalue weighted by atomic mass is 35.5. The molecule has 2 amide bonds. The second-order valence-corrected chi connectivity index (χ2v) is 7.97. The van der Waals surface area contributed by atoms with E-state index in [0.717, 1.165) is 6.42 Å². The predicted molar refractivity (Wildman–Crippen MR) is 89.2 cm³/mol. The molecule has 0 aromatic carbocycles. The van der Waals surface area contributed by atoms with Gasteiger partial charge in [-0.15, -0.1) is 11.6 Å². The molecule has 2 N–H and O–H groups in total. The maximum atomic E-state index is 13.0. The molecular formula is C16H24ClF3N4O2. The van der Waals surface area contributed by atoms with E-state index in [1.54, 1.807) is 9.80 Å². The number of halogens is 4. The van der Waals surface area contributed by atoms with Crippen molar-refractivity contribution in [2.45, 2.75) is 43.3 Å². The summed E-state index contributed by atoms with van der Waals surface area (Å²) in [7, 11) is 0. The van der Waals surface area contributed by atoms with E-state index < -0.39 is 23.5 Å². The number of nitrogens with zero attached hydrogens (tertiary/aromatic N) is 2. The molecule has 148 valence electrons. The minimum absolute atomic E-state index is 0.0662. The van der Waals surface area contributed by atoms with Crippen molar-refractivity contribution in [1.29, 1.82) is 0 Å². The van der Waals surface area contributed by atoms with Gasteiger partial charge in [0.15, 0.2) is 0 Å². The average Bonchev–Trinajstić information content (AvgIpc) is 2.56. The normalized spacial score (nSPS) is 34.7. The van der Waals surface area contributed by atoms with Crippen LogP contribution in [0.4, 0.5) is 13.2 Å². The third kappa shape index (κ3) is 4.43. The largest absolute Gasteiger partial charge is 0.391 e. The van der Waals surface area contributed by atoms with E-state index in [2.05, 4.69) is 10.9 Å². The Labute approximate surface area is 155 Å². The number of hydrazine groups is 1. The van der Waals surface area contributed by atoms with Crippen molar-refractivity contribution in [3.05, 3.63) is 0 Å². The molecule has 26 heavy (non-hydrogen) atoms. The number of alkyl halides is 4.